The van der Waals surface area contributed by atoms with E-state index in [4.69, 9.17) is 4.42 Å². The van der Waals surface area contributed by atoms with Crippen molar-refractivity contribution < 1.29 is 9.21 Å². The molecule has 4 heterocycles. The molecule has 0 aliphatic carbocycles. The molecule has 134 valence electrons. The highest BCUT2D eigenvalue weighted by atomic mass is 16.3. The molecule has 0 N–H and O–H groups in total. The highest BCUT2D eigenvalue weighted by molar-refractivity contribution is 5.78. The van der Waals surface area contributed by atoms with Gasteiger partial charge in [-0.1, -0.05) is 18.2 Å². The van der Waals surface area contributed by atoms with Gasteiger partial charge in [-0.25, -0.2) is 0 Å². The molecular formula is C20H27N3O2. The molecule has 5 rings (SSSR count). The van der Waals surface area contributed by atoms with Gasteiger partial charge in [-0.05, 0) is 30.9 Å². The van der Waals surface area contributed by atoms with E-state index >= 15 is 0 Å². The van der Waals surface area contributed by atoms with Gasteiger partial charge in [-0.15, -0.1) is 0 Å². The lowest BCUT2D eigenvalue weighted by atomic mass is 9.95. The number of rotatable bonds is 4. The van der Waals surface area contributed by atoms with Crippen LogP contribution in [-0.2, 0) is 11.3 Å². The summed E-state index contributed by atoms with van der Waals surface area (Å²) in [5.74, 6) is 1.90. The van der Waals surface area contributed by atoms with Gasteiger partial charge in [-0.3, -0.25) is 14.6 Å². The second-order valence-electron chi connectivity index (χ2n) is 7.76. The number of hydrogen-bond acceptors (Lipinski definition) is 4. The normalized spacial score (nSPS) is 24.6. The van der Waals surface area contributed by atoms with E-state index in [2.05, 4.69) is 28.0 Å². The van der Waals surface area contributed by atoms with Crippen molar-refractivity contribution in [3.05, 3.63) is 36.1 Å². The maximum Gasteiger partial charge on any atom is 0.236 e. The van der Waals surface area contributed by atoms with Crippen molar-refractivity contribution in [2.24, 2.45) is 5.92 Å². The Balaban J connectivity index is 1.46. The van der Waals surface area contributed by atoms with Crippen molar-refractivity contribution >= 4 is 16.9 Å². The minimum Gasteiger partial charge on any atom is -0.460 e. The summed E-state index contributed by atoms with van der Waals surface area (Å²) in [6.45, 7) is 4.53. The molecule has 2 aromatic rings. The molecule has 0 spiro atoms. The molecule has 3 aliphatic rings. The van der Waals surface area contributed by atoms with Gasteiger partial charge >= 0.3 is 0 Å². The monoisotopic (exact) mass is 341 g/mol. The van der Waals surface area contributed by atoms with E-state index in [-0.39, 0.29) is 5.91 Å². The lowest BCUT2D eigenvalue weighted by molar-refractivity contribution is -0.130. The van der Waals surface area contributed by atoms with Gasteiger partial charge in [-0.2, -0.15) is 0 Å². The number of benzene rings is 1. The van der Waals surface area contributed by atoms with E-state index in [9.17, 15) is 4.79 Å². The first kappa shape index (κ1) is 16.6. The van der Waals surface area contributed by atoms with Crippen LogP contribution < -0.4 is 0 Å². The molecule has 5 heteroatoms. The Bertz CT molecular complexity index is 721. The Hall–Kier alpha value is -1.85. The van der Waals surface area contributed by atoms with E-state index in [0.29, 0.717) is 18.5 Å². The Morgan fingerprint density at radius 2 is 2.04 bits per heavy atom. The number of likely N-dealkylation sites (N-methyl/N-ethyl adjacent to an activating group) is 1. The van der Waals surface area contributed by atoms with Crippen LogP contribution >= 0.6 is 0 Å². The topological polar surface area (TPSA) is 39.9 Å². The van der Waals surface area contributed by atoms with Crippen LogP contribution in [-0.4, -0.2) is 66.9 Å². The molecule has 2 bridgehead atoms. The number of hydrogen-bond donors (Lipinski definition) is 0. The Morgan fingerprint density at radius 1 is 1.20 bits per heavy atom. The zero-order chi connectivity index (χ0) is 17.4. The number of carbonyl (C=O) groups excluding carboxylic acids is 1. The molecule has 2 unspecified atom stereocenters. The number of nitrogens with zero attached hydrogens (tertiary/aromatic N) is 3. The van der Waals surface area contributed by atoms with E-state index in [0.717, 1.165) is 37.5 Å². The van der Waals surface area contributed by atoms with E-state index in [1.807, 2.05) is 26.2 Å². The third-order valence-electron chi connectivity index (χ3n) is 5.60. The van der Waals surface area contributed by atoms with Crippen LogP contribution in [0.5, 0.6) is 0 Å². The number of carbonyl (C=O) groups is 1. The highest BCUT2D eigenvalue weighted by Crippen LogP contribution is 2.30. The van der Waals surface area contributed by atoms with Crippen LogP contribution in [0.25, 0.3) is 11.0 Å². The molecule has 1 aromatic carbocycles. The molecule has 3 aliphatic heterocycles. The molecule has 1 amide bonds. The minimum absolute atomic E-state index is 0.199. The summed E-state index contributed by atoms with van der Waals surface area (Å²) in [5, 5.41) is 1.18. The van der Waals surface area contributed by atoms with E-state index < -0.39 is 0 Å². The van der Waals surface area contributed by atoms with Crippen LogP contribution in [0.15, 0.2) is 34.7 Å². The smallest absolute Gasteiger partial charge is 0.236 e. The predicted octanol–water partition coefficient (Wildman–Crippen LogP) is 2.42. The number of piperidine rings is 1. The summed E-state index contributed by atoms with van der Waals surface area (Å²) >= 11 is 0. The summed E-state index contributed by atoms with van der Waals surface area (Å²) in [7, 11) is 3.67. The Labute approximate surface area is 149 Å². The second-order valence-corrected chi connectivity index (χ2v) is 7.76. The summed E-state index contributed by atoms with van der Waals surface area (Å²) in [5.41, 5.74) is 0.968. The number of fused-ring (bicyclic) bond motifs is 5. The average Bonchev–Trinajstić information content (AvgIpc) is 2.79. The third kappa shape index (κ3) is 3.58. The molecule has 2 atom stereocenters. The molecule has 3 fully saturated rings. The second kappa shape index (κ2) is 6.81. The largest absolute Gasteiger partial charge is 0.460 e. The van der Waals surface area contributed by atoms with Gasteiger partial charge in [0.25, 0.3) is 0 Å². The van der Waals surface area contributed by atoms with Gasteiger partial charge in [0.15, 0.2) is 0 Å². The summed E-state index contributed by atoms with van der Waals surface area (Å²) < 4.78 is 6.03. The van der Waals surface area contributed by atoms with Gasteiger partial charge in [0.1, 0.15) is 11.3 Å². The average molecular weight is 341 g/mol. The van der Waals surface area contributed by atoms with Crippen LogP contribution in [0.3, 0.4) is 0 Å². The van der Waals surface area contributed by atoms with Crippen molar-refractivity contribution in [3.8, 4) is 0 Å². The predicted molar refractivity (Wildman–Crippen MR) is 98.3 cm³/mol. The standard InChI is InChI=1S/C20H27N3O2/c1-21(2)20(24)14-22-10-15-7-8-17(12-22)23(11-15)13-18-9-16-5-3-4-6-19(16)25-18/h3-6,9,15,17H,7-8,10-14H2,1-2H3. The summed E-state index contributed by atoms with van der Waals surface area (Å²) in [6.07, 6.45) is 2.49. The van der Waals surface area contributed by atoms with Gasteiger partial charge in [0, 0.05) is 45.2 Å². The Kier molecular flexibility index (Phi) is 4.52. The van der Waals surface area contributed by atoms with Gasteiger partial charge < -0.3 is 9.32 Å². The molecule has 0 saturated carbocycles. The van der Waals surface area contributed by atoms with Crippen molar-refractivity contribution in [3.63, 3.8) is 0 Å². The minimum atomic E-state index is 0.199. The highest BCUT2D eigenvalue weighted by Gasteiger charge is 2.35. The number of furan rings is 1. The summed E-state index contributed by atoms with van der Waals surface area (Å²) in [4.78, 5) is 18.7. The summed E-state index contributed by atoms with van der Waals surface area (Å²) in [6, 6.07) is 10.9. The maximum absolute atomic E-state index is 12.1. The first-order valence-electron chi connectivity index (χ1n) is 9.22. The van der Waals surface area contributed by atoms with Crippen LogP contribution in [0.1, 0.15) is 18.6 Å². The SMILES string of the molecule is CN(C)C(=O)CN1CC2CCC(C1)N(Cc1cc3ccccc3o1)C2. The van der Waals surface area contributed by atoms with Crippen LogP contribution in [0.2, 0.25) is 0 Å². The first-order valence-corrected chi connectivity index (χ1v) is 9.22. The Morgan fingerprint density at radius 3 is 2.84 bits per heavy atom. The van der Waals surface area contributed by atoms with Crippen molar-refractivity contribution in [1.29, 1.82) is 0 Å². The van der Waals surface area contributed by atoms with Crippen molar-refractivity contribution in [2.75, 3.05) is 40.3 Å². The fourth-order valence-electron chi connectivity index (χ4n) is 4.25. The van der Waals surface area contributed by atoms with Gasteiger partial charge in [0.05, 0.1) is 13.1 Å². The zero-order valence-electron chi connectivity index (χ0n) is 15.1. The fourth-order valence-corrected chi connectivity index (χ4v) is 4.25. The lowest BCUT2D eigenvalue weighted by Crippen LogP contribution is -2.44. The molecule has 3 saturated heterocycles. The van der Waals surface area contributed by atoms with Crippen molar-refractivity contribution in [1.82, 2.24) is 14.7 Å². The molecular weight excluding hydrogens is 314 g/mol. The van der Waals surface area contributed by atoms with E-state index in [1.54, 1.807) is 4.90 Å². The van der Waals surface area contributed by atoms with E-state index in [1.165, 1.54) is 18.2 Å². The first-order chi connectivity index (χ1) is 12.1. The number of para-hydroxylation sites is 1. The molecule has 5 nitrogen and oxygen atoms in total. The molecule has 25 heavy (non-hydrogen) atoms. The van der Waals surface area contributed by atoms with Crippen LogP contribution in [0, 0.1) is 5.92 Å². The third-order valence-corrected chi connectivity index (χ3v) is 5.60. The molecule has 1 aromatic heterocycles. The quantitative estimate of drug-likeness (QED) is 0.856. The van der Waals surface area contributed by atoms with Gasteiger partial charge in [0.2, 0.25) is 5.91 Å². The molecule has 0 radical (unpaired) electrons. The zero-order valence-corrected chi connectivity index (χ0v) is 15.1. The lowest BCUT2D eigenvalue weighted by Gasteiger charge is -2.35. The maximum atomic E-state index is 12.1. The van der Waals surface area contributed by atoms with Crippen molar-refractivity contribution in [2.45, 2.75) is 25.4 Å². The fraction of sp³-hybridized carbons (Fsp3) is 0.550. The number of amides is 1. The van der Waals surface area contributed by atoms with Crippen LogP contribution in [0.4, 0.5) is 0 Å².